The number of rotatable bonds is 13. The molecule has 1 aliphatic heterocycles. The monoisotopic (exact) mass is 495 g/mol. The fourth-order valence-electron chi connectivity index (χ4n) is 3.13. The van der Waals surface area contributed by atoms with Crippen molar-refractivity contribution in [1.82, 2.24) is 10.1 Å². The van der Waals surface area contributed by atoms with E-state index in [0.717, 1.165) is 29.2 Å². The predicted octanol–water partition coefficient (Wildman–Crippen LogP) is 2.28. The molecular formula is C21H26N3O7PS. The van der Waals surface area contributed by atoms with Crippen molar-refractivity contribution >= 4 is 31.6 Å². The van der Waals surface area contributed by atoms with Crippen LogP contribution in [0.2, 0.25) is 0 Å². The first kappa shape index (κ1) is 25.2. The first-order valence-corrected chi connectivity index (χ1v) is 12.8. The van der Waals surface area contributed by atoms with Crippen LogP contribution < -0.4 is 5.73 Å². The van der Waals surface area contributed by atoms with E-state index in [0.29, 0.717) is 30.8 Å². The lowest BCUT2D eigenvalue weighted by atomic mass is 10.0. The van der Waals surface area contributed by atoms with Gasteiger partial charge in [0, 0.05) is 30.0 Å². The second-order valence-corrected chi connectivity index (χ2v) is 9.64. The third kappa shape index (κ3) is 8.15. The van der Waals surface area contributed by atoms with Crippen LogP contribution in [0.15, 0.2) is 53.2 Å². The number of carbonyl (C=O) groups is 1. The van der Waals surface area contributed by atoms with Crippen LogP contribution in [-0.2, 0) is 31.5 Å². The Balaban J connectivity index is 1.52. The molecule has 0 saturated carbocycles. The van der Waals surface area contributed by atoms with Gasteiger partial charge in [-0.05, 0) is 29.4 Å². The van der Waals surface area contributed by atoms with Crippen LogP contribution >= 0.6 is 19.6 Å². The van der Waals surface area contributed by atoms with Gasteiger partial charge in [-0.3, -0.25) is 9.32 Å². The average Bonchev–Trinajstić information content (AvgIpc) is 3.24. The largest absolute Gasteiger partial charge is 0.471 e. The highest BCUT2D eigenvalue weighted by Gasteiger charge is 2.25. The van der Waals surface area contributed by atoms with Crippen LogP contribution in [0.4, 0.5) is 0 Å². The molecule has 0 amide bonds. The van der Waals surface area contributed by atoms with Crippen molar-refractivity contribution in [2.24, 2.45) is 5.73 Å². The quantitative estimate of drug-likeness (QED) is 0.213. The van der Waals surface area contributed by atoms with Gasteiger partial charge < -0.3 is 29.7 Å². The summed E-state index contributed by atoms with van der Waals surface area (Å²) in [7, 11) is -4.61. The Morgan fingerprint density at radius 1 is 1.24 bits per heavy atom. The predicted molar refractivity (Wildman–Crippen MR) is 124 cm³/mol. The first-order valence-electron chi connectivity index (χ1n) is 10.1. The normalized spacial score (nSPS) is 16.0. The summed E-state index contributed by atoms with van der Waals surface area (Å²) in [6, 6.07) is 10.1. The molecule has 0 radical (unpaired) electrons. The van der Waals surface area contributed by atoms with Gasteiger partial charge in [0.15, 0.2) is 5.76 Å². The maximum Gasteiger partial charge on any atom is 0.471 e. The van der Waals surface area contributed by atoms with Gasteiger partial charge in [-0.15, -0.1) is 0 Å². The minimum Gasteiger partial charge on any atom is -0.467 e. The fraction of sp³-hybridized carbons (Fsp3) is 0.333. The van der Waals surface area contributed by atoms with Gasteiger partial charge in [0.2, 0.25) is 0 Å². The topological polar surface area (TPSA) is 148 Å². The molecule has 0 saturated heterocycles. The summed E-state index contributed by atoms with van der Waals surface area (Å²) in [5.41, 5.74) is 9.88. The third-order valence-corrected chi connectivity index (χ3v) is 6.20. The van der Waals surface area contributed by atoms with Crippen LogP contribution in [-0.4, -0.2) is 57.3 Å². The number of ether oxygens (including phenoxy) is 1. The molecule has 1 aromatic heterocycles. The Kier molecular flexibility index (Phi) is 9.30. The molecule has 2 aromatic rings. The van der Waals surface area contributed by atoms with Crippen LogP contribution in [0.3, 0.4) is 0 Å². The minimum absolute atomic E-state index is 0.363. The van der Waals surface area contributed by atoms with Crippen molar-refractivity contribution in [3.63, 3.8) is 0 Å². The summed E-state index contributed by atoms with van der Waals surface area (Å²) >= 11 is 1.74. The van der Waals surface area contributed by atoms with Crippen molar-refractivity contribution in [1.29, 1.82) is 0 Å². The Bertz CT molecular complexity index is 1020. The maximum absolute atomic E-state index is 11.0. The Hall–Kier alpha value is -2.40. The first-order chi connectivity index (χ1) is 15.9. The van der Waals surface area contributed by atoms with Crippen molar-refractivity contribution in [3.05, 3.63) is 71.3 Å². The van der Waals surface area contributed by atoms with Gasteiger partial charge >= 0.3 is 7.82 Å². The van der Waals surface area contributed by atoms with Crippen LogP contribution in [0.25, 0.3) is 5.57 Å². The van der Waals surface area contributed by atoms with E-state index in [1.807, 2.05) is 0 Å². The molecule has 1 unspecified atom stereocenters. The summed E-state index contributed by atoms with van der Waals surface area (Å²) in [6.45, 7) is 0.538. The van der Waals surface area contributed by atoms with Gasteiger partial charge in [0.25, 0.3) is 6.47 Å². The van der Waals surface area contributed by atoms with Gasteiger partial charge in [-0.25, -0.2) is 4.57 Å². The van der Waals surface area contributed by atoms with Crippen LogP contribution in [0, 0.1) is 0 Å². The number of nitrogens with zero attached hydrogens (tertiary/aromatic N) is 2. The third-order valence-electron chi connectivity index (χ3n) is 4.80. The standard InChI is InChI=1S/C21H26N3O7PS/c22-21-19(2-1-8-24(21)14-30-32(26,27)28)20-13-18(23-31-20)12-17-5-3-16(4-6-17)7-10-33-11-9-29-15-25/h1-6,8,13,15,21H,7,9-12,14,22H2,(H2,26,27,28). The molecule has 0 spiro atoms. The van der Waals surface area contributed by atoms with Crippen molar-refractivity contribution in [2.45, 2.75) is 19.0 Å². The molecule has 1 aliphatic rings. The van der Waals surface area contributed by atoms with E-state index in [1.165, 1.54) is 10.5 Å². The molecule has 2 heterocycles. The van der Waals surface area contributed by atoms with E-state index in [4.69, 9.17) is 20.0 Å². The summed E-state index contributed by atoms with van der Waals surface area (Å²) in [5, 5.41) is 4.13. The molecule has 1 atom stereocenters. The molecule has 1 aromatic carbocycles. The molecular weight excluding hydrogens is 469 g/mol. The second kappa shape index (κ2) is 12.2. The Morgan fingerprint density at radius 2 is 2.00 bits per heavy atom. The molecule has 0 aliphatic carbocycles. The number of hydrogen-bond donors (Lipinski definition) is 3. The summed E-state index contributed by atoms with van der Waals surface area (Å²) in [5.74, 6) is 2.22. The number of thioether (sulfide) groups is 1. The molecule has 10 nitrogen and oxygen atoms in total. The Morgan fingerprint density at radius 3 is 2.73 bits per heavy atom. The average molecular weight is 495 g/mol. The lowest BCUT2D eigenvalue weighted by molar-refractivity contribution is -0.128. The summed E-state index contributed by atoms with van der Waals surface area (Å²) in [4.78, 5) is 29.3. The zero-order valence-electron chi connectivity index (χ0n) is 17.8. The highest BCUT2D eigenvalue weighted by molar-refractivity contribution is 7.99. The fourth-order valence-corrected chi connectivity index (χ4v) is 4.21. The van der Waals surface area contributed by atoms with E-state index in [-0.39, 0.29) is 6.73 Å². The van der Waals surface area contributed by atoms with Gasteiger partial charge in [0.1, 0.15) is 19.5 Å². The number of phosphoric acid groups is 1. The molecule has 3 rings (SSSR count). The van der Waals surface area contributed by atoms with E-state index in [2.05, 4.69) is 38.7 Å². The number of phosphoric ester groups is 1. The van der Waals surface area contributed by atoms with Crippen LogP contribution in [0.5, 0.6) is 0 Å². The SMILES string of the molecule is NC1C(c2cc(Cc3ccc(CCSCCOC=O)cc3)no2)=CC=CN1COP(=O)(O)O. The molecule has 0 bridgehead atoms. The van der Waals surface area contributed by atoms with E-state index in [1.54, 1.807) is 36.2 Å². The van der Waals surface area contributed by atoms with E-state index >= 15 is 0 Å². The van der Waals surface area contributed by atoms with Crippen LogP contribution in [0.1, 0.15) is 22.6 Å². The number of nitrogens with two attached hydrogens (primary N) is 1. The zero-order valence-corrected chi connectivity index (χ0v) is 19.5. The van der Waals surface area contributed by atoms with Gasteiger partial charge in [-0.2, -0.15) is 11.8 Å². The number of carbonyl (C=O) groups excluding carboxylic acids is 1. The maximum atomic E-state index is 11.0. The molecule has 178 valence electrons. The smallest absolute Gasteiger partial charge is 0.467 e. The lowest BCUT2D eigenvalue weighted by Gasteiger charge is -2.30. The number of benzene rings is 1. The highest BCUT2D eigenvalue weighted by Crippen LogP contribution is 2.36. The number of aromatic nitrogens is 1. The number of allylic oxidation sites excluding steroid dienone is 2. The molecule has 33 heavy (non-hydrogen) atoms. The van der Waals surface area contributed by atoms with Crippen molar-refractivity contribution < 1.29 is 32.9 Å². The Labute approximate surface area is 195 Å². The molecule has 12 heteroatoms. The summed E-state index contributed by atoms with van der Waals surface area (Å²) in [6.07, 6.45) is 5.86. The lowest BCUT2D eigenvalue weighted by Crippen LogP contribution is -2.41. The van der Waals surface area contributed by atoms with Crippen molar-refractivity contribution in [2.75, 3.05) is 24.8 Å². The number of hydrogen-bond acceptors (Lipinski definition) is 9. The van der Waals surface area contributed by atoms with Gasteiger partial charge in [0.05, 0.1) is 5.69 Å². The van der Waals surface area contributed by atoms with Crippen molar-refractivity contribution in [3.8, 4) is 0 Å². The van der Waals surface area contributed by atoms with E-state index < -0.39 is 14.0 Å². The second-order valence-electron chi connectivity index (χ2n) is 7.18. The molecule has 0 fully saturated rings. The zero-order chi connectivity index (χ0) is 23.7. The van der Waals surface area contributed by atoms with E-state index in [9.17, 15) is 9.36 Å². The minimum atomic E-state index is -4.61. The van der Waals surface area contributed by atoms with Gasteiger partial charge in [-0.1, -0.05) is 35.5 Å². The summed E-state index contributed by atoms with van der Waals surface area (Å²) < 4.78 is 25.6. The molecule has 4 N–H and O–H groups in total. The highest BCUT2D eigenvalue weighted by atomic mass is 32.2. The number of aryl methyl sites for hydroxylation is 1.